The van der Waals surface area contributed by atoms with Crippen LogP contribution in [0.3, 0.4) is 0 Å². The molecular formula is C18H18F2N2O. The fourth-order valence-electron chi connectivity index (χ4n) is 2.95. The monoisotopic (exact) mass is 316 g/mol. The molecule has 120 valence electrons. The van der Waals surface area contributed by atoms with Gasteiger partial charge in [-0.2, -0.15) is 0 Å². The molecule has 1 saturated heterocycles. The van der Waals surface area contributed by atoms with Crippen LogP contribution in [0.5, 0.6) is 0 Å². The number of nitrogens with two attached hydrogens (primary N) is 1. The van der Waals surface area contributed by atoms with Gasteiger partial charge in [0.05, 0.1) is 0 Å². The van der Waals surface area contributed by atoms with Gasteiger partial charge in [-0.15, -0.1) is 0 Å². The fourth-order valence-corrected chi connectivity index (χ4v) is 2.95. The molecular weight excluding hydrogens is 298 g/mol. The van der Waals surface area contributed by atoms with Crippen LogP contribution in [0.1, 0.15) is 22.3 Å². The van der Waals surface area contributed by atoms with Crippen molar-refractivity contribution in [3.63, 3.8) is 0 Å². The number of hydrogen-bond acceptors (Lipinski definition) is 2. The Kier molecular flexibility index (Phi) is 4.13. The van der Waals surface area contributed by atoms with Crippen LogP contribution in [0.25, 0.3) is 11.1 Å². The number of aryl methyl sites for hydroxylation is 1. The molecule has 0 bridgehead atoms. The fraction of sp³-hybridized carbons (Fsp3) is 0.278. The number of carbonyl (C=O) groups is 1. The highest BCUT2D eigenvalue weighted by molar-refractivity contribution is 5.95. The zero-order valence-corrected chi connectivity index (χ0v) is 12.9. The predicted octanol–water partition coefficient (Wildman–Crippen LogP) is 3.11. The minimum absolute atomic E-state index is 0.00932. The highest BCUT2D eigenvalue weighted by Gasteiger charge is 2.25. The summed E-state index contributed by atoms with van der Waals surface area (Å²) in [5, 5.41) is 0. The van der Waals surface area contributed by atoms with Crippen molar-refractivity contribution in [1.29, 1.82) is 0 Å². The summed E-state index contributed by atoms with van der Waals surface area (Å²) in [4.78, 5) is 14.0. The number of amides is 1. The molecule has 2 N–H and O–H groups in total. The first kappa shape index (κ1) is 15.6. The highest BCUT2D eigenvalue weighted by Crippen LogP contribution is 2.28. The number of nitrogens with zero attached hydrogens (tertiary/aromatic N) is 1. The summed E-state index contributed by atoms with van der Waals surface area (Å²) < 4.78 is 27.6. The third-order valence-corrected chi connectivity index (χ3v) is 4.21. The van der Waals surface area contributed by atoms with E-state index in [2.05, 4.69) is 0 Å². The molecule has 0 saturated carbocycles. The maximum absolute atomic E-state index is 14.5. The number of rotatable bonds is 2. The Labute approximate surface area is 133 Å². The Morgan fingerprint density at radius 3 is 2.52 bits per heavy atom. The number of likely N-dealkylation sites (tertiary alicyclic amines) is 1. The molecule has 1 atom stereocenters. The van der Waals surface area contributed by atoms with E-state index in [0.717, 1.165) is 6.42 Å². The topological polar surface area (TPSA) is 46.3 Å². The third kappa shape index (κ3) is 3.10. The Hall–Kier alpha value is -2.27. The summed E-state index contributed by atoms with van der Waals surface area (Å²) in [7, 11) is 0. The van der Waals surface area contributed by atoms with Crippen LogP contribution in [-0.2, 0) is 0 Å². The molecule has 2 aromatic carbocycles. The Morgan fingerprint density at radius 2 is 1.91 bits per heavy atom. The number of hydrogen-bond donors (Lipinski definition) is 1. The van der Waals surface area contributed by atoms with Crippen LogP contribution < -0.4 is 5.73 Å². The number of halogens is 2. The molecule has 0 aromatic heterocycles. The summed E-state index contributed by atoms with van der Waals surface area (Å²) in [6.07, 6.45) is 0.765. The van der Waals surface area contributed by atoms with Crippen LogP contribution in [0.2, 0.25) is 0 Å². The first-order chi connectivity index (χ1) is 11.0. The Morgan fingerprint density at radius 1 is 1.17 bits per heavy atom. The van der Waals surface area contributed by atoms with Crippen LogP contribution in [0.15, 0.2) is 36.4 Å². The lowest BCUT2D eigenvalue weighted by atomic mass is 9.98. The van der Waals surface area contributed by atoms with E-state index in [4.69, 9.17) is 5.73 Å². The largest absolute Gasteiger partial charge is 0.337 e. The second-order valence-corrected chi connectivity index (χ2v) is 5.95. The standard InChI is InChI=1S/C18H18F2N2O/c1-11-8-13(19)3-5-15(11)16-4-2-12(9-17(16)20)18(23)22-7-6-14(21)10-22/h2-5,8-9,14H,6-7,10,21H2,1H3. The number of benzene rings is 2. The molecule has 1 fully saturated rings. The van der Waals surface area contributed by atoms with E-state index in [1.54, 1.807) is 30.0 Å². The van der Waals surface area contributed by atoms with Gasteiger partial charge in [-0.25, -0.2) is 8.78 Å². The van der Waals surface area contributed by atoms with E-state index in [9.17, 15) is 13.6 Å². The average Bonchev–Trinajstić information content (AvgIpc) is 2.94. The quantitative estimate of drug-likeness (QED) is 0.925. The molecule has 2 aromatic rings. The first-order valence-corrected chi connectivity index (χ1v) is 7.56. The van der Waals surface area contributed by atoms with Gasteiger partial charge < -0.3 is 10.6 Å². The molecule has 3 nitrogen and oxygen atoms in total. The van der Waals surface area contributed by atoms with Crippen LogP contribution in [0.4, 0.5) is 8.78 Å². The Bertz CT molecular complexity index is 761. The van der Waals surface area contributed by atoms with Gasteiger partial charge in [0.25, 0.3) is 5.91 Å². The summed E-state index contributed by atoms with van der Waals surface area (Å²) in [5.41, 5.74) is 7.73. The van der Waals surface area contributed by atoms with Crippen molar-refractivity contribution >= 4 is 5.91 Å². The van der Waals surface area contributed by atoms with E-state index in [-0.39, 0.29) is 17.8 Å². The molecule has 5 heteroatoms. The number of carbonyl (C=O) groups excluding carboxylic acids is 1. The molecule has 23 heavy (non-hydrogen) atoms. The molecule has 1 aliphatic heterocycles. The minimum atomic E-state index is -0.492. The van der Waals surface area contributed by atoms with Gasteiger partial charge in [0, 0.05) is 30.3 Å². The van der Waals surface area contributed by atoms with Crippen molar-refractivity contribution in [2.24, 2.45) is 5.73 Å². The average molecular weight is 316 g/mol. The molecule has 1 amide bonds. The second-order valence-electron chi connectivity index (χ2n) is 5.95. The van der Waals surface area contributed by atoms with Crippen molar-refractivity contribution < 1.29 is 13.6 Å². The van der Waals surface area contributed by atoms with Crippen molar-refractivity contribution in [2.75, 3.05) is 13.1 Å². The van der Waals surface area contributed by atoms with E-state index in [0.29, 0.717) is 35.3 Å². The minimum Gasteiger partial charge on any atom is -0.337 e. The lowest BCUT2D eigenvalue weighted by molar-refractivity contribution is 0.0790. The molecule has 3 rings (SSSR count). The molecule has 1 aliphatic rings. The lowest BCUT2D eigenvalue weighted by Crippen LogP contribution is -2.31. The predicted molar refractivity (Wildman–Crippen MR) is 85.0 cm³/mol. The van der Waals surface area contributed by atoms with Crippen molar-refractivity contribution in [3.05, 3.63) is 59.2 Å². The summed E-state index contributed by atoms with van der Waals surface area (Å²) >= 11 is 0. The maximum atomic E-state index is 14.5. The van der Waals surface area contributed by atoms with Gasteiger partial charge in [0.2, 0.25) is 0 Å². The zero-order chi connectivity index (χ0) is 16.6. The molecule has 1 heterocycles. The summed E-state index contributed by atoms with van der Waals surface area (Å²) in [6, 6.07) is 8.61. The van der Waals surface area contributed by atoms with Crippen LogP contribution in [0, 0.1) is 18.6 Å². The first-order valence-electron chi connectivity index (χ1n) is 7.56. The molecule has 0 aliphatic carbocycles. The van der Waals surface area contributed by atoms with Crippen LogP contribution >= 0.6 is 0 Å². The highest BCUT2D eigenvalue weighted by atomic mass is 19.1. The smallest absolute Gasteiger partial charge is 0.254 e. The van der Waals surface area contributed by atoms with Gasteiger partial charge >= 0.3 is 0 Å². The second kappa shape index (κ2) is 6.08. The molecule has 0 spiro atoms. The maximum Gasteiger partial charge on any atom is 0.254 e. The normalized spacial score (nSPS) is 17.6. The summed E-state index contributed by atoms with van der Waals surface area (Å²) in [6.45, 7) is 2.82. The van der Waals surface area contributed by atoms with Gasteiger partial charge in [0.15, 0.2) is 0 Å². The van der Waals surface area contributed by atoms with Crippen LogP contribution in [-0.4, -0.2) is 29.9 Å². The molecule has 1 unspecified atom stereocenters. The van der Waals surface area contributed by atoms with E-state index in [1.807, 2.05) is 0 Å². The van der Waals surface area contributed by atoms with Crippen molar-refractivity contribution in [1.82, 2.24) is 4.90 Å². The summed E-state index contributed by atoms with van der Waals surface area (Å²) in [5.74, 6) is -1.06. The van der Waals surface area contributed by atoms with Gasteiger partial charge in [-0.3, -0.25) is 4.79 Å². The van der Waals surface area contributed by atoms with Gasteiger partial charge in [0.1, 0.15) is 11.6 Å². The lowest BCUT2D eigenvalue weighted by Gasteiger charge is -2.16. The van der Waals surface area contributed by atoms with Crippen molar-refractivity contribution in [3.8, 4) is 11.1 Å². The Balaban J connectivity index is 1.90. The van der Waals surface area contributed by atoms with Gasteiger partial charge in [-0.1, -0.05) is 12.1 Å². The van der Waals surface area contributed by atoms with Crippen molar-refractivity contribution in [2.45, 2.75) is 19.4 Å². The van der Waals surface area contributed by atoms with E-state index >= 15 is 0 Å². The van der Waals surface area contributed by atoms with E-state index < -0.39 is 5.82 Å². The van der Waals surface area contributed by atoms with E-state index in [1.165, 1.54) is 18.2 Å². The van der Waals surface area contributed by atoms with Gasteiger partial charge in [-0.05, 0) is 48.7 Å². The third-order valence-electron chi connectivity index (χ3n) is 4.21. The molecule has 0 radical (unpaired) electrons. The SMILES string of the molecule is Cc1cc(F)ccc1-c1ccc(C(=O)N2CCC(N)C2)cc1F. The zero-order valence-electron chi connectivity index (χ0n) is 12.9.